The van der Waals surface area contributed by atoms with E-state index in [1.54, 1.807) is 36.6 Å². The van der Waals surface area contributed by atoms with E-state index in [1.165, 1.54) is 4.57 Å². The summed E-state index contributed by atoms with van der Waals surface area (Å²) in [6, 6.07) is 16.7. The maximum absolute atomic E-state index is 13.5. The lowest BCUT2D eigenvalue weighted by Gasteiger charge is -2.25. The van der Waals surface area contributed by atoms with Crippen LogP contribution < -0.4 is 10.3 Å². The lowest BCUT2D eigenvalue weighted by atomic mass is 10.0. The van der Waals surface area contributed by atoms with Gasteiger partial charge < -0.3 is 19.0 Å². The van der Waals surface area contributed by atoms with E-state index in [-0.39, 0.29) is 28.8 Å². The topological polar surface area (TPSA) is 80.5 Å². The van der Waals surface area contributed by atoms with E-state index >= 15 is 0 Å². The summed E-state index contributed by atoms with van der Waals surface area (Å²) in [4.78, 5) is 31.5. The molecule has 0 aliphatic carbocycles. The standard InChI is InChI=1S/C26H25N3O4S/c1-2-32-19-10-7-17(8-11-19)23-6-3-13-28(23)24(30)18-9-12-21-22(15-18)27-26(34)29(25(21)31)16-20-5-4-14-33-20/h4-5,7-12,14-15,23H,2-3,6,13,16H2,1H3,(H,27,34)/t23-/m1/s1. The van der Waals surface area contributed by atoms with Crippen molar-refractivity contribution in [2.45, 2.75) is 32.4 Å². The molecule has 1 N–H and O–H groups in total. The van der Waals surface area contributed by atoms with E-state index in [0.29, 0.717) is 35.4 Å². The zero-order chi connectivity index (χ0) is 23.7. The van der Waals surface area contributed by atoms with Crippen molar-refractivity contribution < 1.29 is 13.9 Å². The summed E-state index contributed by atoms with van der Waals surface area (Å²) in [6.07, 6.45) is 3.41. The fraction of sp³-hybridized carbons (Fsp3) is 0.269. The number of hydrogen-bond acceptors (Lipinski definition) is 5. The molecular weight excluding hydrogens is 450 g/mol. The average Bonchev–Trinajstić information content (AvgIpc) is 3.54. The number of aromatic amines is 1. The monoisotopic (exact) mass is 475 g/mol. The van der Waals surface area contributed by atoms with Crippen LogP contribution in [0.4, 0.5) is 0 Å². The predicted octanol–water partition coefficient (Wildman–Crippen LogP) is 5.08. The number of benzene rings is 2. The fourth-order valence-corrected chi connectivity index (χ4v) is 4.82. The van der Waals surface area contributed by atoms with Gasteiger partial charge >= 0.3 is 0 Å². The minimum absolute atomic E-state index is 0.0127. The molecule has 2 aromatic heterocycles. The molecule has 0 unspecified atom stereocenters. The maximum Gasteiger partial charge on any atom is 0.262 e. The SMILES string of the molecule is CCOc1ccc([C@H]2CCCN2C(=O)c2ccc3c(=O)n(Cc4ccco4)c(=S)[nH]c3c2)cc1. The van der Waals surface area contributed by atoms with E-state index in [4.69, 9.17) is 21.4 Å². The molecule has 3 heterocycles. The summed E-state index contributed by atoms with van der Waals surface area (Å²) < 4.78 is 12.6. The Morgan fingerprint density at radius 1 is 1.21 bits per heavy atom. The van der Waals surface area contributed by atoms with Crippen LogP contribution >= 0.6 is 12.2 Å². The fourth-order valence-electron chi connectivity index (χ4n) is 4.56. The molecule has 1 aliphatic heterocycles. The third kappa shape index (κ3) is 4.17. The Morgan fingerprint density at radius 3 is 2.76 bits per heavy atom. The van der Waals surface area contributed by atoms with Crippen LogP contribution in [0.1, 0.15) is 47.5 Å². The number of nitrogens with zero attached hydrogens (tertiary/aromatic N) is 2. The van der Waals surface area contributed by atoms with Crippen molar-refractivity contribution in [1.82, 2.24) is 14.5 Å². The molecule has 1 atom stereocenters. The molecule has 1 amide bonds. The predicted molar refractivity (Wildman–Crippen MR) is 132 cm³/mol. The minimum atomic E-state index is -0.220. The number of likely N-dealkylation sites (tertiary alicyclic amines) is 1. The Bertz CT molecular complexity index is 1440. The first kappa shape index (κ1) is 22.2. The quantitative estimate of drug-likeness (QED) is 0.394. The molecule has 8 heteroatoms. The van der Waals surface area contributed by atoms with E-state index in [0.717, 1.165) is 24.2 Å². The second-order valence-electron chi connectivity index (χ2n) is 8.32. The molecular formula is C26H25N3O4S. The summed E-state index contributed by atoms with van der Waals surface area (Å²) in [5.74, 6) is 1.41. The molecule has 7 nitrogen and oxygen atoms in total. The molecule has 0 radical (unpaired) electrons. The number of furan rings is 1. The smallest absolute Gasteiger partial charge is 0.262 e. The molecule has 0 saturated carbocycles. The summed E-state index contributed by atoms with van der Waals surface area (Å²) in [5, 5.41) is 0.473. The Kier molecular flexibility index (Phi) is 6.06. The van der Waals surface area contributed by atoms with Gasteiger partial charge in [-0.25, -0.2) is 0 Å². The van der Waals surface area contributed by atoms with Gasteiger partial charge in [0.05, 0.1) is 36.4 Å². The summed E-state index contributed by atoms with van der Waals surface area (Å²) >= 11 is 5.43. The lowest BCUT2D eigenvalue weighted by molar-refractivity contribution is 0.0736. The molecule has 1 aliphatic rings. The number of H-pyrrole nitrogens is 1. The Balaban J connectivity index is 1.43. The van der Waals surface area contributed by atoms with Crippen molar-refractivity contribution >= 4 is 29.0 Å². The first-order chi connectivity index (χ1) is 16.5. The molecule has 5 rings (SSSR count). The van der Waals surface area contributed by atoms with Gasteiger partial charge in [0.2, 0.25) is 0 Å². The minimum Gasteiger partial charge on any atom is -0.494 e. The van der Waals surface area contributed by atoms with Gasteiger partial charge in [0, 0.05) is 12.1 Å². The van der Waals surface area contributed by atoms with Crippen LogP contribution in [-0.4, -0.2) is 33.5 Å². The molecule has 34 heavy (non-hydrogen) atoms. The van der Waals surface area contributed by atoms with Crippen LogP contribution in [0.3, 0.4) is 0 Å². The number of aromatic nitrogens is 2. The number of ether oxygens (including phenoxy) is 1. The molecule has 2 aromatic carbocycles. The van der Waals surface area contributed by atoms with Crippen LogP contribution in [0.15, 0.2) is 70.1 Å². The highest BCUT2D eigenvalue weighted by Crippen LogP contribution is 2.34. The highest BCUT2D eigenvalue weighted by atomic mass is 32.1. The normalized spacial score (nSPS) is 15.7. The first-order valence-electron chi connectivity index (χ1n) is 11.4. The van der Waals surface area contributed by atoms with Gasteiger partial charge in [-0.1, -0.05) is 12.1 Å². The number of amides is 1. The molecule has 1 saturated heterocycles. The molecule has 0 spiro atoms. The van der Waals surface area contributed by atoms with Crippen molar-refractivity contribution in [3.8, 4) is 5.75 Å². The molecule has 174 valence electrons. The van der Waals surface area contributed by atoms with Gasteiger partial charge in [0.25, 0.3) is 11.5 Å². The third-order valence-electron chi connectivity index (χ3n) is 6.21. The Labute approximate surface area is 201 Å². The van der Waals surface area contributed by atoms with E-state index in [2.05, 4.69) is 4.98 Å². The maximum atomic E-state index is 13.5. The van der Waals surface area contributed by atoms with Crippen LogP contribution in [0.25, 0.3) is 10.9 Å². The van der Waals surface area contributed by atoms with Gasteiger partial charge in [-0.2, -0.15) is 0 Å². The third-order valence-corrected chi connectivity index (χ3v) is 6.53. The second-order valence-corrected chi connectivity index (χ2v) is 8.71. The number of rotatable bonds is 6. The second kappa shape index (κ2) is 9.30. The summed E-state index contributed by atoms with van der Waals surface area (Å²) in [7, 11) is 0. The summed E-state index contributed by atoms with van der Waals surface area (Å²) in [6.45, 7) is 3.51. The first-order valence-corrected chi connectivity index (χ1v) is 11.8. The zero-order valence-electron chi connectivity index (χ0n) is 18.8. The number of hydrogen-bond donors (Lipinski definition) is 1. The average molecular weight is 476 g/mol. The zero-order valence-corrected chi connectivity index (χ0v) is 19.6. The van der Waals surface area contributed by atoms with E-state index < -0.39 is 0 Å². The van der Waals surface area contributed by atoms with Gasteiger partial charge in [0.1, 0.15) is 11.5 Å². The largest absolute Gasteiger partial charge is 0.494 e. The van der Waals surface area contributed by atoms with Crippen molar-refractivity contribution in [1.29, 1.82) is 0 Å². The van der Waals surface area contributed by atoms with Crippen LogP contribution in [0.2, 0.25) is 0 Å². The Hall–Kier alpha value is -3.65. The van der Waals surface area contributed by atoms with Crippen molar-refractivity contribution in [2.24, 2.45) is 0 Å². The highest BCUT2D eigenvalue weighted by Gasteiger charge is 2.30. The Morgan fingerprint density at radius 2 is 2.03 bits per heavy atom. The van der Waals surface area contributed by atoms with Gasteiger partial charge in [-0.05, 0) is 80.0 Å². The highest BCUT2D eigenvalue weighted by molar-refractivity contribution is 7.71. The lowest BCUT2D eigenvalue weighted by Crippen LogP contribution is -2.30. The van der Waals surface area contributed by atoms with Crippen LogP contribution in [0.5, 0.6) is 5.75 Å². The van der Waals surface area contributed by atoms with Crippen LogP contribution in [-0.2, 0) is 6.54 Å². The molecule has 4 aromatic rings. The molecule has 0 bridgehead atoms. The number of carbonyl (C=O) groups is 1. The van der Waals surface area contributed by atoms with Crippen molar-refractivity contribution in [2.75, 3.05) is 13.2 Å². The number of carbonyl (C=O) groups excluding carboxylic acids is 1. The number of nitrogens with one attached hydrogen (secondary N) is 1. The van der Waals surface area contributed by atoms with Crippen molar-refractivity contribution in [3.63, 3.8) is 0 Å². The summed E-state index contributed by atoms with van der Waals surface area (Å²) in [5.41, 5.74) is 1.95. The van der Waals surface area contributed by atoms with E-state index in [1.807, 2.05) is 36.1 Å². The molecule has 1 fully saturated rings. The van der Waals surface area contributed by atoms with Gasteiger partial charge in [0.15, 0.2) is 4.77 Å². The van der Waals surface area contributed by atoms with Gasteiger partial charge in [-0.3, -0.25) is 14.2 Å². The van der Waals surface area contributed by atoms with Gasteiger partial charge in [-0.15, -0.1) is 0 Å². The van der Waals surface area contributed by atoms with Crippen LogP contribution in [0, 0.1) is 4.77 Å². The van der Waals surface area contributed by atoms with Crippen molar-refractivity contribution in [3.05, 3.63) is 92.9 Å². The number of fused-ring (bicyclic) bond motifs is 1. The van der Waals surface area contributed by atoms with E-state index in [9.17, 15) is 9.59 Å².